The van der Waals surface area contributed by atoms with E-state index in [2.05, 4.69) is 5.32 Å². The van der Waals surface area contributed by atoms with Crippen LogP contribution < -0.4 is 11.1 Å². The molecule has 0 aromatic rings. The molecule has 0 bridgehead atoms. The zero-order valence-electron chi connectivity index (χ0n) is 17.8. The third-order valence-corrected chi connectivity index (χ3v) is 3.92. The first-order valence-corrected chi connectivity index (χ1v) is 10.0. The van der Waals surface area contributed by atoms with Gasteiger partial charge in [-0.25, -0.2) is 0 Å². The third-order valence-electron chi connectivity index (χ3n) is 3.92. The maximum absolute atomic E-state index is 11.5. The molecule has 0 saturated heterocycles. The maximum atomic E-state index is 11.5. The van der Waals surface area contributed by atoms with Gasteiger partial charge in [0.1, 0.15) is 12.4 Å². The zero-order chi connectivity index (χ0) is 21.1. The number of carbonyl (C=O) groups excluding carboxylic acids is 3. The number of rotatable bonds is 10. The lowest BCUT2D eigenvalue weighted by Gasteiger charge is -2.21. The van der Waals surface area contributed by atoms with Crippen molar-refractivity contribution >= 4 is 17.6 Å². The van der Waals surface area contributed by atoms with E-state index in [9.17, 15) is 14.4 Å². The summed E-state index contributed by atoms with van der Waals surface area (Å²) in [6.45, 7) is 8.95. The number of ketones is 1. The summed E-state index contributed by atoms with van der Waals surface area (Å²) in [5.41, 5.74) is 4.83. The molecule has 27 heavy (non-hydrogen) atoms. The van der Waals surface area contributed by atoms with Crippen LogP contribution in [0.3, 0.4) is 0 Å². The lowest BCUT2D eigenvalue weighted by atomic mass is 9.83. The minimum Gasteiger partial charge on any atom is -0.384 e. The van der Waals surface area contributed by atoms with E-state index in [1.165, 1.54) is 26.4 Å². The fourth-order valence-corrected chi connectivity index (χ4v) is 2.58. The van der Waals surface area contributed by atoms with Gasteiger partial charge in [-0.15, -0.1) is 0 Å². The molecule has 0 radical (unpaired) electrons. The van der Waals surface area contributed by atoms with Gasteiger partial charge in [-0.2, -0.15) is 0 Å². The van der Waals surface area contributed by atoms with Crippen molar-refractivity contribution in [3.8, 4) is 0 Å². The molecule has 0 aromatic heterocycles. The Balaban J connectivity index is 0. The number of Topliss-reactive ketones (excluding diaryl/α,β-unsaturated/α-hetero) is 1. The molecule has 0 unspecified atom stereocenters. The SMILES string of the molecule is CC.CC(C)C(=O)C1CCCCC1.COCCC(=O)NCCOCC(N)=O. The van der Waals surface area contributed by atoms with E-state index in [0.717, 1.165) is 12.8 Å². The molecule has 160 valence electrons. The first-order valence-electron chi connectivity index (χ1n) is 10.0. The topological polar surface area (TPSA) is 108 Å². The van der Waals surface area contributed by atoms with Gasteiger partial charge in [0.2, 0.25) is 11.8 Å². The second-order valence-electron chi connectivity index (χ2n) is 6.50. The van der Waals surface area contributed by atoms with Gasteiger partial charge >= 0.3 is 0 Å². The van der Waals surface area contributed by atoms with Crippen LogP contribution in [0.4, 0.5) is 0 Å². The van der Waals surface area contributed by atoms with Gasteiger partial charge in [-0.1, -0.05) is 47.0 Å². The third kappa shape index (κ3) is 17.7. The van der Waals surface area contributed by atoms with Crippen LogP contribution in [0.25, 0.3) is 0 Å². The molecule has 1 aliphatic rings. The van der Waals surface area contributed by atoms with Gasteiger partial charge in [0, 0.05) is 31.9 Å². The van der Waals surface area contributed by atoms with Crippen molar-refractivity contribution in [1.29, 1.82) is 0 Å². The number of methoxy groups -OCH3 is 1. The first-order chi connectivity index (χ1) is 12.9. The normalized spacial score (nSPS) is 13.7. The Morgan fingerprint density at radius 2 is 1.67 bits per heavy atom. The summed E-state index contributed by atoms with van der Waals surface area (Å²) in [7, 11) is 1.53. The molecule has 0 aliphatic heterocycles. The van der Waals surface area contributed by atoms with Crippen molar-refractivity contribution in [2.75, 3.05) is 33.5 Å². The van der Waals surface area contributed by atoms with Crippen LogP contribution in [0, 0.1) is 11.8 Å². The second kappa shape index (κ2) is 19.3. The molecular weight excluding hydrogens is 348 g/mol. The number of hydrogen-bond donors (Lipinski definition) is 2. The van der Waals surface area contributed by atoms with Crippen molar-refractivity contribution in [1.82, 2.24) is 5.32 Å². The quantitative estimate of drug-likeness (QED) is 0.559. The molecule has 2 amide bonds. The largest absolute Gasteiger partial charge is 0.384 e. The number of carbonyl (C=O) groups is 3. The summed E-state index contributed by atoms with van der Waals surface area (Å²) in [5.74, 6) is 0.525. The summed E-state index contributed by atoms with van der Waals surface area (Å²) >= 11 is 0. The number of amides is 2. The monoisotopic (exact) mass is 388 g/mol. The summed E-state index contributed by atoms with van der Waals surface area (Å²) in [5, 5.41) is 2.60. The average molecular weight is 389 g/mol. The molecule has 1 aliphatic carbocycles. The molecule has 7 nitrogen and oxygen atoms in total. The average Bonchev–Trinajstić information content (AvgIpc) is 2.68. The van der Waals surface area contributed by atoms with Crippen molar-refractivity contribution < 1.29 is 23.9 Å². The lowest BCUT2D eigenvalue weighted by Crippen LogP contribution is -2.29. The summed E-state index contributed by atoms with van der Waals surface area (Å²) in [6, 6.07) is 0. The number of nitrogens with two attached hydrogens (primary N) is 1. The van der Waals surface area contributed by atoms with Crippen molar-refractivity contribution in [2.24, 2.45) is 17.6 Å². The van der Waals surface area contributed by atoms with E-state index in [0.29, 0.717) is 31.3 Å². The van der Waals surface area contributed by atoms with Gasteiger partial charge in [-0.3, -0.25) is 14.4 Å². The van der Waals surface area contributed by atoms with Crippen LogP contribution in [0.15, 0.2) is 0 Å². The van der Waals surface area contributed by atoms with E-state index in [1.54, 1.807) is 0 Å². The van der Waals surface area contributed by atoms with E-state index in [4.69, 9.17) is 15.2 Å². The van der Waals surface area contributed by atoms with Crippen LogP contribution in [-0.4, -0.2) is 51.1 Å². The second-order valence-corrected chi connectivity index (χ2v) is 6.50. The molecule has 3 N–H and O–H groups in total. The van der Waals surface area contributed by atoms with Crippen LogP contribution in [0.2, 0.25) is 0 Å². The van der Waals surface area contributed by atoms with Gasteiger partial charge in [-0.05, 0) is 12.8 Å². The van der Waals surface area contributed by atoms with Crippen molar-refractivity contribution in [3.05, 3.63) is 0 Å². The molecule has 1 saturated carbocycles. The fraction of sp³-hybridized carbons (Fsp3) is 0.850. The highest BCUT2D eigenvalue weighted by Gasteiger charge is 2.22. The van der Waals surface area contributed by atoms with Gasteiger partial charge in [0.05, 0.1) is 13.2 Å². The molecular formula is C20H40N2O5. The Morgan fingerprint density at radius 3 is 2.15 bits per heavy atom. The molecule has 1 rings (SSSR count). The molecule has 0 atom stereocenters. The summed E-state index contributed by atoms with van der Waals surface area (Å²) < 4.78 is 9.55. The van der Waals surface area contributed by atoms with Gasteiger partial charge in [0.25, 0.3) is 0 Å². The van der Waals surface area contributed by atoms with Crippen LogP contribution in [0.5, 0.6) is 0 Å². The number of ether oxygens (including phenoxy) is 2. The standard InChI is InChI=1S/C10H18O.C8H16N2O4.C2H6/c1-8(2)10(11)9-6-4-3-5-7-9;1-13-4-2-8(12)10-3-5-14-6-7(9)11;1-2/h8-9H,3-7H2,1-2H3;2-6H2,1H3,(H2,9,11)(H,10,12);1-2H3. The number of nitrogens with one attached hydrogen (secondary N) is 1. The van der Waals surface area contributed by atoms with Crippen LogP contribution >= 0.6 is 0 Å². The Labute approximate surface area is 164 Å². The highest BCUT2D eigenvalue weighted by molar-refractivity contribution is 5.82. The predicted octanol–water partition coefficient (Wildman–Crippen LogP) is 2.46. The van der Waals surface area contributed by atoms with E-state index >= 15 is 0 Å². The Bertz CT molecular complexity index is 394. The van der Waals surface area contributed by atoms with Crippen LogP contribution in [-0.2, 0) is 23.9 Å². The summed E-state index contributed by atoms with van der Waals surface area (Å²) in [4.78, 5) is 32.7. The molecule has 7 heteroatoms. The fourth-order valence-electron chi connectivity index (χ4n) is 2.58. The minimum atomic E-state index is -0.518. The molecule has 0 aromatic carbocycles. The van der Waals surface area contributed by atoms with E-state index in [1.807, 2.05) is 27.7 Å². The van der Waals surface area contributed by atoms with Crippen LogP contribution in [0.1, 0.15) is 66.2 Å². The Morgan fingerprint density at radius 1 is 1.07 bits per heavy atom. The lowest BCUT2D eigenvalue weighted by molar-refractivity contribution is -0.127. The Hall–Kier alpha value is -1.47. The highest BCUT2D eigenvalue weighted by atomic mass is 16.5. The van der Waals surface area contributed by atoms with E-state index in [-0.39, 0.29) is 25.0 Å². The van der Waals surface area contributed by atoms with Crippen molar-refractivity contribution in [2.45, 2.75) is 66.2 Å². The highest BCUT2D eigenvalue weighted by Crippen LogP contribution is 2.26. The molecule has 0 spiro atoms. The molecule has 1 fully saturated rings. The molecule has 0 heterocycles. The number of primary amides is 1. The minimum absolute atomic E-state index is 0.102. The Kier molecular flexibility index (Phi) is 19.8. The van der Waals surface area contributed by atoms with Gasteiger partial charge < -0.3 is 20.5 Å². The van der Waals surface area contributed by atoms with E-state index < -0.39 is 5.91 Å². The smallest absolute Gasteiger partial charge is 0.243 e. The number of hydrogen-bond acceptors (Lipinski definition) is 5. The predicted molar refractivity (Wildman–Crippen MR) is 107 cm³/mol. The summed E-state index contributed by atoms with van der Waals surface area (Å²) in [6.07, 6.45) is 6.49. The van der Waals surface area contributed by atoms with Gasteiger partial charge in [0.15, 0.2) is 0 Å². The zero-order valence-corrected chi connectivity index (χ0v) is 17.8. The van der Waals surface area contributed by atoms with Crippen molar-refractivity contribution in [3.63, 3.8) is 0 Å². The maximum Gasteiger partial charge on any atom is 0.243 e. The first kappa shape index (κ1) is 27.7.